The van der Waals surface area contributed by atoms with Crippen LogP contribution in [0.25, 0.3) is 5.69 Å². The minimum atomic E-state index is -0.0953. The molecule has 3 heterocycles. The van der Waals surface area contributed by atoms with E-state index >= 15 is 0 Å². The summed E-state index contributed by atoms with van der Waals surface area (Å²) in [5.41, 5.74) is 3.96. The summed E-state index contributed by atoms with van der Waals surface area (Å²) in [5.74, 6) is 0.812. The lowest BCUT2D eigenvalue weighted by Crippen LogP contribution is -2.39. The number of carbonyl (C=O) groups excluding carboxylic acids is 2. The van der Waals surface area contributed by atoms with Crippen LogP contribution in [0.4, 0.5) is 11.4 Å². The number of anilines is 2. The number of aromatic nitrogens is 2. The van der Waals surface area contributed by atoms with E-state index in [-0.39, 0.29) is 11.8 Å². The molecule has 0 N–H and O–H groups in total. The van der Waals surface area contributed by atoms with Gasteiger partial charge in [-0.05, 0) is 83.7 Å². The van der Waals surface area contributed by atoms with Crippen molar-refractivity contribution in [3.05, 3.63) is 64.4 Å². The zero-order chi connectivity index (χ0) is 22.2. The van der Waals surface area contributed by atoms with Crippen LogP contribution in [-0.4, -0.2) is 41.8 Å². The van der Waals surface area contributed by atoms with E-state index in [0.29, 0.717) is 29.7 Å². The van der Waals surface area contributed by atoms with Crippen molar-refractivity contribution in [2.45, 2.75) is 25.7 Å². The number of rotatable bonds is 4. The molecule has 3 aromatic rings. The van der Waals surface area contributed by atoms with Gasteiger partial charge in [0.25, 0.3) is 5.91 Å². The molecule has 1 saturated heterocycles. The number of hydrogen-bond acceptors (Lipinski definition) is 4. The van der Waals surface area contributed by atoms with Crippen LogP contribution in [0.15, 0.2) is 53.1 Å². The van der Waals surface area contributed by atoms with Crippen LogP contribution in [-0.2, 0) is 11.2 Å². The third-order valence-corrected chi connectivity index (χ3v) is 6.72. The molecular weight excluding hydrogens is 472 g/mol. The van der Waals surface area contributed by atoms with Gasteiger partial charge in [-0.1, -0.05) is 0 Å². The number of benzene rings is 2. The number of halogens is 1. The molecule has 164 valence electrons. The van der Waals surface area contributed by atoms with Crippen LogP contribution >= 0.6 is 15.9 Å². The van der Waals surface area contributed by atoms with Gasteiger partial charge in [-0.15, -0.1) is 0 Å². The molecule has 0 unspecified atom stereocenters. The van der Waals surface area contributed by atoms with Crippen molar-refractivity contribution in [3.8, 4) is 11.4 Å². The number of nitrogens with zero attached hydrogens (tertiary/aromatic N) is 4. The Kier molecular flexibility index (Phi) is 5.46. The minimum absolute atomic E-state index is 0.0953. The molecule has 0 spiro atoms. The highest BCUT2D eigenvalue weighted by molar-refractivity contribution is 9.10. The van der Waals surface area contributed by atoms with Gasteiger partial charge in [-0.3, -0.25) is 9.59 Å². The van der Waals surface area contributed by atoms with Gasteiger partial charge in [0.1, 0.15) is 16.0 Å². The Morgan fingerprint density at radius 1 is 0.844 bits per heavy atom. The lowest BCUT2D eigenvalue weighted by molar-refractivity contribution is -0.119. The Bertz CT molecular complexity index is 1170. The zero-order valence-electron chi connectivity index (χ0n) is 17.8. The van der Waals surface area contributed by atoms with E-state index in [1.54, 1.807) is 16.7 Å². The summed E-state index contributed by atoms with van der Waals surface area (Å²) in [6.07, 6.45) is 3.27. The molecule has 0 radical (unpaired) electrons. The second-order valence-corrected chi connectivity index (χ2v) is 8.70. The van der Waals surface area contributed by atoms with E-state index in [1.165, 1.54) is 0 Å². The third kappa shape index (κ3) is 3.58. The molecule has 2 amide bonds. The molecule has 0 saturated carbocycles. The molecule has 1 aromatic heterocycles. The minimum Gasteiger partial charge on any atom is -0.497 e. The maximum atomic E-state index is 13.5. The maximum absolute atomic E-state index is 13.5. The first-order chi connectivity index (χ1) is 15.6. The van der Waals surface area contributed by atoms with Crippen molar-refractivity contribution in [2.24, 2.45) is 0 Å². The molecule has 2 aliphatic heterocycles. The smallest absolute Gasteiger partial charge is 0.277 e. The molecule has 8 heteroatoms. The second kappa shape index (κ2) is 8.43. The molecule has 0 aliphatic carbocycles. The quantitative estimate of drug-likeness (QED) is 0.540. The van der Waals surface area contributed by atoms with Crippen molar-refractivity contribution in [1.82, 2.24) is 9.78 Å². The second-order valence-electron chi connectivity index (χ2n) is 7.95. The Morgan fingerprint density at radius 3 is 2.16 bits per heavy atom. The normalized spacial score (nSPS) is 16.3. The predicted molar refractivity (Wildman–Crippen MR) is 126 cm³/mol. The largest absolute Gasteiger partial charge is 0.497 e. The average molecular weight is 495 g/mol. The third-order valence-electron chi connectivity index (χ3n) is 6.08. The Morgan fingerprint density at radius 2 is 1.50 bits per heavy atom. The van der Waals surface area contributed by atoms with Gasteiger partial charge < -0.3 is 14.5 Å². The molecule has 2 aromatic carbocycles. The fourth-order valence-corrected chi connectivity index (χ4v) is 4.91. The lowest BCUT2D eigenvalue weighted by atomic mass is 10.1. The van der Waals surface area contributed by atoms with E-state index in [4.69, 9.17) is 4.74 Å². The fourth-order valence-electron chi connectivity index (χ4n) is 4.37. The molecule has 7 nitrogen and oxygen atoms in total. The molecular formula is C24H23BrN4O3. The van der Waals surface area contributed by atoms with E-state index < -0.39 is 0 Å². The summed E-state index contributed by atoms with van der Waals surface area (Å²) in [7, 11) is 1.62. The van der Waals surface area contributed by atoms with Gasteiger partial charge in [-0.2, -0.15) is 5.10 Å². The summed E-state index contributed by atoms with van der Waals surface area (Å²) in [6.45, 7) is 1.32. The number of piperidine rings is 1. The van der Waals surface area contributed by atoms with E-state index in [1.807, 2.05) is 53.4 Å². The number of fused-ring (bicyclic) bond motifs is 1. The number of ether oxygens (including phenoxy) is 1. The number of methoxy groups -OCH3 is 1. The first kappa shape index (κ1) is 20.8. The summed E-state index contributed by atoms with van der Waals surface area (Å²) in [5, 5.41) is 4.58. The van der Waals surface area contributed by atoms with Gasteiger partial charge >= 0.3 is 0 Å². The number of amides is 2. The first-order valence-electron chi connectivity index (χ1n) is 10.7. The Hall–Kier alpha value is -3.13. The van der Waals surface area contributed by atoms with Crippen molar-refractivity contribution in [2.75, 3.05) is 30.0 Å². The fraction of sp³-hybridized carbons (Fsp3) is 0.292. The Balaban J connectivity index is 1.45. The van der Waals surface area contributed by atoms with Crippen molar-refractivity contribution in [1.29, 1.82) is 0 Å². The molecule has 32 heavy (non-hydrogen) atoms. The van der Waals surface area contributed by atoms with E-state index in [0.717, 1.165) is 47.8 Å². The standard InChI is InChI=1S/C24H23BrN4O3/c1-32-19-11-9-18(10-12-19)29-22-20(23(25)26-29)13-15-28(24(22)31)17-7-5-16(6-8-17)27-14-3-2-4-21(27)30/h5-12H,2-4,13-15H2,1H3. The van der Waals surface area contributed by atoms with Crippen LogP contribution < -0.4 is 14.5 Å². The maximum Gasteiger partial charge on any atom is 0.277 e. The summed E-state index contributed by atoms with van der Waals surface area (Å²) in [4.78, 5) is 29.4. The van der Waals surface area contributed by atoms with Gasteiger partial charge in [0.15, 0.2) is 0 Å². The lowest BCUT2D eigenvalue weighted by Gasteiger charge is -2.29. The van der Waals surface area contributed by atoms with Crippen LogP contribution in [0.5, 0.6) is 5.75 Å². The molecule has 0 bridgehead atoms. The summed E-state index contributed by atoms with van der Waals surface area (Å²) >= 11 is 3.53. The highest BCUT2D eigenvalue weighted by Gasteiger charge is 2.32. The summed E-state index contributed by atoms with van der Waals surface area (Å²) in [6, 6.07) is 15.2. The highest BCUT2D eigenvalue weighted by atomic mass is 79.9. The topological polar surface area (TPSA) is 67.7 Å². The van der Waals surface area contributed by atoms with Crippen molar-refractivity contribution >= 4 is 39.1 Å². The van der Waals surface area contributed by atoms with Crippen LogP contribution in [0.2, 0.25) is 0 Å². The van der Waals surface area contributed by atoms with E-state index in [2.05, 4.69) is 21.0 Å². The van der Waals surface area contributed by atoms with Crippen LogP contribution in [0, 0.1) is 0 Å². The summed E-state index contributed by atoms with van der Waals surface area (Å²) < 4.78 is 7.62. The highest BCUT2D eigenvalue weighted by Crippen LogP contribution is 2.32. The van der Waals surface area contributed by atoms with Crippen molar-refractivity contribution < 1.29 is 14.3 Å². The average Bonchev–Trinajstić information content (AvgIpc) is 3.17. The predicted octanol–water partition coefficient (Wildman–Crippen LogP) is 4.36. The monoisotopic (exact) mass is 494 g/mol. The SMILES string of the molecule is COc1ccc(-n2nc(Br)c3c2C(=O)N(c2ccc(N4CCCCC4=O)cc2)CC3)cc1. The first-order valence-corrected chi connectivity index (χ1v) is 11.5. The van der Waals surface area contributed by atoms with Crippen LogP contribution in [0.1, 0.15) is 35.3 Å². The van der Waals surface area contributed by atoms with Crippen molar-refractivity contribution in [3.63, 3.8) is 0 Å². The van der Waals surface area contributed by atoms with Gasteiger partial charge in [0, 0.05) is 36.4 Å². The van der Waals surface area contributed by atoms with E-state index in [9.17, 15) is 9.59 Å². The van der Waals surface area contributed by atoms with Gasteiger partial charge in [-0.25, -0.2) is 4.68 Å². The van der Waals surface area contributed by atoms with Crippen LogP contribution in [0.3, 0.4) is 0 Å². The van der Waals surface area contributed by atoms with Gasteiger partial charge in [0.05, 0.1) is 12.8 Å². The molecule has 5 rings (SSSR count). The zero-order valence-corrected chi connectivity index (χ0v) is 19.3. The molecule has 0 atom stereocenters. The molecule has 2 aliphatic rings. The Labute approximate surface area is 194 Å². The molecule has 1 fully saturated rings. The van der Waals surface area contributed by atoms with Gasteiger partial charge in [0.2, 0.25) is 5.91 Å². The number of carbonyl (C=O) groups is 2. The number of hydrogen-bond donors (Lipinski definition) is 0.